The van der Waals surface area contributed by atoms with Crippen LogP contribution < -0.4 is 5.43 Å². The summed E-state index contributed by atoms with van der Waals surface area (Å²) in [5, 5.41) is 0.589. The van der Waals surface area contributed by atoms with Crippen LogP contribution in [0.15, 0.2) is 17.3 Å². The van der Waals surface area contributed by atoms with Gasteiger partial charge in [0.05, 0.1) is 0 Å². The predicted molar refractivity (Wildman–Crippen MR) is 45.8 cm³/mol. The maximum absolute atomic E-state index is 5.88. The van der Waals surface area contributed by atoms with Crippen molar-refractivity contribution in [3.63, 3.8) is 0 Å². The number of hydrogen-bond donors (Lipinski definition) is 1. The van der Waals surface area contributed by atoms with E-state index < -0.39 is 0 Å². The molecule has 1 aromatic rings. The van der Waals surface area contributed by atoms with E-state index >= 15 is 0 Å². The smallest absolute Gasteiger partial charge is 0.151 e. The Bertz CT molecular complexity index is 313. The van der Waals surface area contributed by atoms with Crippen molar-refractivity contribution in [2.24, 2.45) is 4.99 Å². The van der Waals surface area contributed by atoms with Gasteiger partial charge in [-0.2, -0.15) is 0 Å². The van der Waals surface area contributed by atoms with Crippen LogP contribution in [-0.2, 0) is 0 Å². The van der Waals surface area contributed by atoms with E-state index in [1.807, 2.05) is 23.9 Å². The fourth-order valence-corrected chi connectivity index (χ4v) is 1.48. The van der Waals surface area contributed by atoms with Gasteiger partial charge in [0.1, 0.15) is 12.4 Å². The monoisotopic (exact) mass is 169 g/mol. The molecule has 0 fully saturated rings. The van der Waals surface area contributed by atoms with E-state index in [0.717, 1.165) is 11.3 Å². The zero-order valence-corrected chi connectivity index (χ0v) is 6.89. The Hall–Kier alpha value is -0.960. The van der Waals surface area contributed by atoms with Crippen molar-refractivity contribution in [3.8, 4) is 0 Å². The lowest BCUT2D eigenvalue weighted by molar-refractivity contribution is 0.825. The Labute approximate surface area is 69.7 Å². The second kappa shape index (κ2) is 2.27. The van der Waals surface area contributed by atoms with Crippen molar-refractivity contribution in [3.05, 3.63) is 23.5 Å². The number of nitrogens with zero attached hydrogens (tertiary/aromatic N) is 2. The second-order valence-electron chi connectivity index (χ2n) is 2.48. The van der Waals surface area contributed by atoms with Crippen LogP contribution >= 0.6 is 11.6 Å². The largest absolute Gasteiger partial charge is 0.304 e. The van der Waals surface area contributed by atoms with Crippen molar-refractivity contribution < 1.29 is 0 Å². The van der Waals surface area contributed by atoms with E-state index in [4.69, 9.17) is 11.6 Å². The Morgan fingerprint density at radius 1 is 1.73 bits per heavy atom. The molecule has 2 rings (SSSR count). The summed E-state index contributed by atoms with van der Waals surface area (Å²) in [5.41, 5.74) is 5.17. The van der Waals surface area contributed by atoms with Gasteiger partial charge in [0, 0.05) is 6.20 Å². The number of rotatable bonds is 0. The molecule has 0 amide bonds. The van der Waals surface area contributed by atoms with Crippen LogP contribution in [0.3, 0.4) is 0 Å². The molecule has 3 nitrogen and oxygen atoms in total. The van der Waals surface area contributed by atoms with Gasteiger partial charge in [-0.15, -0.1) is 0 Å². The van der Waals surface area contributed by atoms with Gasteiger partial charge >= 0.3 is 0 Å². The summed E-state index contributed by atoms with van der Waals surface area (Å²) in [7, 11) is 0. The zero-order chi connectivity index (χ0) is 7.84. The first-order valence-corrected chi connectivity index (χ1v) is 3.79. The minimum absolute atomic E-state index is 0.556. The summed E-state index contributed by atoms with van der Waals surface area (Å²) in [6, 6.07) is 2.01. The predicted octanol–water partition coefficient (Wildman–Crippen LogP) is 1.30. The van der Waals surface area contributed by atoms with Crippen LogP contribution in [0.1, 0.15) is 11.3 Å². The number of fused-ring (bicyclic) bond motifs is 1. The highest BCUT2D eigenvalue weighted by Gasteiger charge is 2.13. The Morgan fingerprint density at radius 2 is 2.55 bits per heavy atom. The molecule has 0 aromatic carbocycles. The van der Waals surface area contributed by atoms with Crippen LogP contribution in [0.2, 0.25) is 0 Å². The number of aliphatic imine (C=N–C) groups is 1. The van der Waals surface area contributed by atoms with Crippen molar-refractivity contribution in [1.29, 1.82) is 0 Å². The molecular weight excluding hydrogens is 162 g/mol. The third kappa shape index (κ3) is 0.922. The molecule has 0 spiro atoms. The lowest BCUT2D eigenvalue weighted by atomic mass is 10.3. The molecule has 1 N–H and O–H groups in total. The normalized spacial score (nSPS) is 15.3. The molecule has 0 atom stereocenters. The van der Waals surface area contributed by atoms with Gasteiger partial charge in [-0.25, -0.2) is 4.99 Å². The van der Waals surface area contributed by atoms with E-state index in [9.17, 15) is 0 Å². The van der Waals surface area contributed by atoms with Gasteiger partial charge in [0.2, 0.25) is 0 Å². The third-order valence-electron chi connectivity index (χ3n) is 1.74. The van der Waals surface area contributed by atoms with E-state index in [1.54, 1.807) is 0 Å². The summed E-state index contributed by atoms with van der Waals surface area (Å²) < 4.78 is 1.89. The van der Waals surface area contributed by atoms with Gasteiger partial charge in [0.25, 0.3) is 0 Å². The number of halogens is 1. The standard InChI is InChI=1S/C7H8ClN3/c1-5-2-3-11-6(5)7(8)9-4-10-11/h2-3,10H,4H2,1H3. The van der Waals surface area contributed by atoms with E-state index in [-0.39, 0.29) is 0 Å². The quantitative estimate of drug-likeness (QED) is 0.623. The molecule has 1 aromatic heterocycles. The molecule has 0 unspecified atom stereocenters. The topological polar surface area (TPSA) is 29.3 Å². The van der Waals surface area contributed by atoms with Crippen LogP contribution in [0.25, 0.3) is 0 Å². The van der Waals surface area contributed by atoms with Crippen LogP contribution in [0, 0.1) is 6.92 Å². The van der Waals surface area contributed by atoms with E-state index in [1.165, 1.54) is 0 Å². The first kappa shape index (κ1) is 6.73. The molecule has 58 valence electrons. The SMILES string of the molecule is Cc1ccn2c1C(Cl)=NCN2. The maximum Gasteiger partial charge on any atom is 0.151 e. The van der Waals surface area contributed by atoms with Gasteiger partial charge < -0.3 is 5.43 Å². The van der Waals surface area contributed by atoms with Gasteiger partial charge in [-0.1, -0.05) is 11.6 Å². The molecule has 0 saturated carbocycles. The summed E-state index contributed by atoms with van der Waals surface area (Å²) in [4.78, 5) is 4.05. The third-order valence-corrected chi connectivity index (χ3v) is 2.04. The summed E-state index contributed by atoms with van der Waals surface area (Å²) in [5.74, 6) is 0. The van der Waals surface area contributed by atoms with E-state index in [2.05, 4.69) is 10.4 Å². The van der Waals surface area contributed by atoms with Gasteiger partial charge in [-0.3, -0.25) is 4.68 Å². The van der Waals surface area contributed by atoms with Gasteiger partial charge in [0.15, 0.2) is 5.17 Å². The molecule has 0 saturated heterocycles. The number of hydrogen-bond acceptors (Lipinski definition) is 2. The van der Waals surface area contributed by atoms with Crippen molar-refractivity contribution >= 4 is 16.8 Å². The first-order chi connectivity index (χ1) is 5.29. The lowest BCUT2D eigenvalue weighted by Crippen LogP contribution is -2.23. The fourth-order valence-electron chi connectivity index (χ4n) is 1.18. The number of nitrogens with one attached hydrogen (secondary N) is 1. The molecule has 4 heteroatoms. The molecule has 0 aliphatic carbocycles. The molecule has 1 aliphatic rings. The van der Waals surface area contributed by atoms with Crippen molar-refractivity contribution in [2.75, 3.05) is 12.1 Å². The molecular formula is C7H8ClN3. The highest BCUT2D eigenvalue weighted by atomic mass is 35.5. The van der Waals surface area contributed by atoms with Gasteiger partial charge in [-0.05, 0) is 18.6 Å². The van der Waals surface area contributed by atoms with Crippen LogP contribution in [0.4, 0.5) is 0 Å². The lowest BCUT2D eigenvalue weighted by Gasteiger charge is -2.14. The molecule has 0 bridgehead atoms. The highest BCUT2D eigenvalue weighted by molar-refractivity contribution is 6.69. The fraction of sp³-hybridized carbons (Fsp3) is 0.286. The zero-order valence-electron chi connectivity index (χ0n) is 6.13. The molecule has 11 heavy (non-hydrogen) atoms. The maximum atomic E-state index is 5.88. The number of aryl methyl sites for hydroxylation is 1. The summed E-state index contributed by atoms with van der Waals surface area (Å²) in [6.07, 6.45) is 1.95. The average molecular weight is 170 g/mol. The highest BCUT2D eigenvalue weighted by Crippen LogP contribution is 2.14. The Kier molecular flexibility index (Phi) is 1.39. The van der Waals surface area contributed by atoms with Crippen molar-refractivity contribution in [1.82, 2.24) is 4.68 Å². The second-order valence-corrected chi connectivity index (χ2v) is 2.84. The van der Waals surface area contributed by atoms with Crippen LogP contribution in [-0.4, -0.2) is 16.5 Å². The average Bonchev–Trinajstić information content (AvgIpc) is 2.34. The number of aromatic nitrogens is 1. The molecule has 2 heterocycles. The Balaban J connectivity index is 2.61. The van der Waals surface area contributed by atoms with Crippen molar-refractivity contribution in [2.45, 2.75) is 6.92 Å². The van der Waals surface area contributed by atoms with Crippen LogP contribution in [0.5, 0.6) is 0 Å². The van der Waals surface area contributed by atoms with E-state index in [0.29, 0.717) is 11.8 Å². The Morgan fingerprint density at radius 3 is 3.27 bits per heavy atom. The molecule has 1 aliphatic heterocycles. The minimum atomic E-state index is 0.556. The first-order valence-electron chi connectivity index (χ1n) is 3.41. The summed E-state index contributed by atoms with van der Waals surface area (Å²) in [6.45, 7) is 2.57. The molecule has 0 radical (unpaired) electrons. The summed E-state index contributed by atoms with van der Waals surface area (Å²) >= 11 is 5.88. The minimum Gasteiger partial charge on any atom is -0.304 e.